The zero-order valence-corrected chi connectivity index (χ0v) is 22.4. The van der Waals surface area contributed by atoms with Gasteiger partial charge in [-0.2, -0.15) is 0 Å². The average Bonchev–Trinajstić information content (AvgIpc) is 3.15. The maximum atomic E-state index is 2.48. The van der Waals surface area contributed by atoms with Crippen molar-refractivity contribution in [3.8, 4) is 11.4 Å². The Morgan fingerprint density at radius 3 is 1.16 bits per heavy atom. The zero-order chi connectivity index (χ0) is 23.6. The van der Waals surface area contributed by atoms with Gasteiger partial charge >= 0.3 is 0 Å². The molecule has 2 nitrogen and oxygen atoms in total. The first kappa shape index (κ1) is 24.6. The minimum Gasteiger partial charge on any atom is -0.297 e. The molecule has 0 unspecified atom stereocenters. The summed E-state index contributed by atoms with van der Waals surface area (Å²) in [4.78, 5) is 0. The average molecular weight is 449 g/mol. The number of para-hydroxylation sites is 2. The van der Waals surface area contributed by atoms with Crippen molar-refractivity contribution in [3.05, 3.63) is 76.2 Å². The van der Waals surface area contributed by atoms with E-state index in [0.29, 0.717) is 23.7 Å². The molecule has 0 aliphatic rings. The van der Waals surface area contributed by atoms with Crippen LogP contribution < -0.4 is 0 Å². The van der Waals surface area contributed by atoms with Crippen molar-refractivity contribution in [1.82, 2.24) is 9.13 Å². The van der Waals surface area contributed by atoms with Gasteiger partial charge in [0.25, 0.3) is 0 Å². The Bertz CT molecular complexity index is 990. The van der Waals surface area contributed by atoms with Gasteiger partial charge in [-0.15, -0.1) is 0 Å². The van der Waals surface area contributed by atoms with Crippen molar-refractivity contribution >= 4 is 8.20 Å². The number of hydrogen-bond acceptors (Lipinski definition) is 0. The van der Waals surface area contributed by atoms with Crippen LogP contribution >= 0.6 is 8.20 Å². The van der Waals surface area contributed by atoms with Crippen LogP contribution in [0.3, 0.4) is 0 Å². The summed E-state index contributed by atoms with van der Waals surface area (Å²) in [5, 5.41) is 1.34. The molecular formula is C29H41N2P. The van der Waals surface area contributed by atoms with Crippen LogP contribution in [0.2, 0.25) is 0 Å². The van der Waals surface area contributed by atoms with Gasteiger partial charge in [0, 0.05) is 12.4 Å². The van der Waals surface area contributed by atoms with E-state index in [9.17, 15) is 0 Å². The molecule has 3 rings (SSSR count). The van der Waals surface area contributed by atoms with Gasteiger partial charge in [0.15, 0.2) is 0 Å². The normalized spacial score (nSPS) is 12.2. The van der Waals surface area contributed by atoms with Gasteiger partial charge in [0.2, 0.25) is 0 Å². The number of benzene rings is 2. The van der Waals surface area contributed by atoms with Crippen molar-refractivity contribution in [2.24, 2.45) is 0 Å². The second-order valence-electron chi connectivity index (χ2n) is 10.0. The van der Waals surface area contributed by atoms with E-state index in [-0.39, 0.29) is 0 Å². The van der Waals surface area contributed by atoms with Gasteiger partial charge in [-0.1, -0.05) is 107 Å². The Kier molecular flexibility index (Phi) is 7.88. The number of hydrogen-bond donors (Lipinski definition) is 0. The van der Waals surface area contributed by atoms with Crippen molar-refractivity contribution < 1.29 is 0 Å². The number of imidazole rings is 1. The largest absolute Gasteiger partial charge is 0.297 e. The molecule has 0 spiro atoms. The van der Waals surface area contributed by atoms with Gasteiger partial charge in [0.05, 0.1) is 11.4 Å². The van der Waals surface area contributed by atoms with Gasteiger partial charge in [0.1, 0.15) is 5.20 Å². The lowest BCUT2D eigenvalue weighted by Gasteiger charge is -2.22. The summed E-state index contributed by atoms with van der Waals surface area (Å²) in [5.41, 5.74) is 8.45. The smallest absolute Gasteiger partial charge is 0.145 e. The minimum absolute atomic E-state index is 0.472. The molecule has 32 heavy (non-hydrogen) atoms. The standard InChI is InChI=1S/C29H41N2P/c1-10-32-29-30(27-23(19(2)3)13-11-14-24(27)20(4)5)17-18-31(29)28-25(21(6)7)15-12-16-26(28)22(8)9/h11-22H,10H2,1-9H3. The molecule has 0 atom stereocenters. The van der Waals surface area contributed by atoms with Crippen LogP contribution in [-0.2, 0) is 0 Å². The van der Waals surface area contributed by atoms with Crippen molar-refractivity contribution in [2.75, 3.05) is 6.16 Å². The molecule has 0 saturated heterocycles. The summed E-state index contributed by atoms with van der Waals surface area (Å²) in [7, 11) is 1.34. The van der Waals surface area contributed by atoms with Gasteiger partial charge in [-0.25, -0.2) is 0 Å². The Balaban J connectivity index is 2.43. The van der Waals surface area contributed by atoms with E-state index in [2.05, 4.69) is 120 Å². The van der Waals surface area contributed by atoms with E-state index in [1.807, 2.05) is 0 Å². The highest BCUT2D eigenvalue weighted by atomic mass is 31.1. The van der Waals surface area contributed by atoms with Gasteiger partial charge in [-0.05, 0) is 52.1 Å². The van der Waals surface area contributed by atoms with Crippen LogP contribution in [0.1, 0.15) is 108 Å². The molecule has 1 aromatic heterocycles. The van der Waals surface area contributed by atoms with E-state index in [4.69, 9.17) is 0 Å². The second-order valence-corrected chi connectivity index (χ2v) is 11.4. The van der Waals surface area contributed by atoms with Crippen molar-refractivity contribution in [3.63, 3.8) is 0 Å². The van der Waals surface area contributed by atoms with Crippen LogP contribution in [0.15, 0.2) is 48.8 Å². The van der Waals surface area contributed by atoms with E-state index < -0.39 is 0 Å². The molecule has 0 saturated carbocycles. The summed E-state index contributed by atoms with van der Waals surface area (Å²) in [6.07, 6.45) is 5.68. The second kappa shape index (κ2) is 10.3. The number of aromatic nitrogens is 2. The monoisotopic (exact) mass is 448 g/mol. The fourth-order valence-corrected chi connectivity index (χ4v) is 5.53. The van der Waals surface area contributed by atoms with Gasteiger partial charge in [-0.3, -0.25) is 9.13 Å². The maximum absolute atomic E-state index is 2.48. The topological polar surface area (TPSA) is 9.86 Å². The first-order valence-electron chi connectivity index (χ1n) is 12.3. The van der Waals surface area contributed by atoms with E-state index in [0.717, 1.165) is 6.16 Å². The molecule has 0 aliphatic heterocycles. The number of nitrogens with zero attached hydrogens (tertiary/aromatic N) is 2. The predicted octanol–water partition coefficient (Wildman–Crippen LogP) is 9.26. The van der Waals surface area contributed by atoms with Crippen LogP contribution in [0.5, 0.6) is 0 Å². The third kappa shape index (κ3) is 4.67. The van der Waals surface area contributed by atoms with Crippen molar-refractivity contribution in [1.29, 1.82) is 0 Å². The summed E-state index contributed by atoms with van der Waals surface area (Å²) in [6.45, 7) is 20.7. The fraction of sp³-hybridized carbons (Fsp3) is 0.483. The minimum atomic E-state index is 0.472. The summed E-state index contributed by atoms with van der Waals surface area (Å²) >= 11 is 0. The van der Waals surface area contributed by atoms with E-state index in [1.165, 1.54) is 47.0 Å². The molecule has 0 N–H and O–H groups in total. The number of rotatable bonds is 7. The van der Waals surface area contributed by atoms with Crippen LogP contribution in [0.4, 0.5) is 0 Å². The quantitative estimate of drug-likeness (QED) is 0.319. The third-order valence-corrected chi connectivity index (χ3v) is 7.29. The molecule has 0 aliphatic carbocycles. The highest BCUT2D eigenvalue weighted by Gasteiger charge is 2.20. The molecule has 1 heterocycles. The van der Waals surface area contributed by atoms with Crippen LogP contribution in [-0.4, -0.2) is 15.3 Å². The highest BCUT2D eigenvalue weighted by Crippen LogP contribution is 2.35. The van der Waals surface area contributed by atoms with Gasteiger partial charge < -0.3 is 0 Å². The lowest BCUT2D eigenvalue weighted by molar-refractivity contribution is 0.784. The van der Waals surface area contributed by atoms with Crippen LogP contribution in [0, 0.1) is 5.20 Å². The lowest BCUT2D eigenvalue weighted by Crippen LogP contribution is -2.10. The first-order valence-corrected chi connectivity index (χ1v) is 13.3. The highest BCUT2D eigenvalue weighted by molar-refractivity contribution is 7.29. The fourth-order valence-electron chi connectivity index (χ4n) is 4.61. The summed E-state index contributed by atoms with van der Waals surface area (Å²) in [6, 6.07) is 13.7. The van der Waals surface area contributed by atoms with Crippen LogP contribution in [0.25, 0.3) is 11.4 Å². The van der Waals surface area contributed by atoms with E-state index >= 15 is 0 Å². The molecule has 0 radical (unpaired) electrons. The molecule has 0 bridgehead atoms. The molecule has 0 amide bonds. The summed E-state index contributed by atoms with van der Waals surface area (Å²) in [5.74, 6) is 1.89. The van der Waals surface area contributed by atoms with Crippen molar-refractivity contribution in [2.45, 2.75) is 86.0 Å². The lowest BCUT2D eigenvalue weighted by atomic mass is 9.92. The zero-order valence-electron chi connectivity index (χ0n) is 21.5. The maximum Gasteiger partial charge on any atom is 0.145 e. The summed E-state index contributed by atoms with van der Waals surface area (Å²) < 4.78 is 4.97. The van der Waals surface area contributed by atoms with E-state index in [1.54, 1.807) is 0 Å². The Labute approximate surface area is 197 Å². The Morgan fingerprint density at radius 1 is 0.594 bits per heavy atom. The molecule has 3 aromatic rings. The molecule has 0 fully saturated rings. The SMILES string of the molecule is CCP=c1n(-c2c(C(C)C)cccc2C(C)C)ccn1-c1c(C(C)C)cccc1C(C)C. The Hall–Kier alpha value is -2.05. The third-order valence-electron chi connectivity index (χ3n) is 6.26. The molecule has 2 aromatic carbocycles. The molecular weight excluding hydrogens is 407 g/mol. The first-order chi connectivity index (χ1) is 15.2. The Morgan fingerprint density at radius 2 is 0.906 bits per heavy atom. The molecule has 3 heteroatoms. The predicted molar refractivity (Wildman–Crippen MR) is 142 cm³/mol. The molecule has 172 valence electrons.